The first kappa shape index (κ1) is 10.7. The van der Waals surface area contributed by atoms with Gasteiger partial charge < -0.3 is 11.1 Å². The Morgan fingerprint density at radius 1 is 1.43 bits per heavy atom. The van der Waals surface area contributed by atoms with Gasteiger partial charge in [-0.2, -0.15) is 0 Å². The largest absolute Gasteiger partial charge is 0.350 e. The number of nitrogens with one attached hydrogen (secondary N) is 1. The van der Waals surface area contributed by atoms with E-state index in [1.165, 1.54) is 6.92 Å². The van der Waals surface area contributed by atoms with Crippen molar-refractivity contribution in [1.29, 1.82) is 0 Å². The van der Waals surface area contributed by atoms with Crippen LogP contribution in [0.5, 0.6) is 0 Å². The third-order valence-electron chi connectivity index (χ3n) is 2.14. The van der Waals surface area contributed by atoms with E-state index in [-0.39, 0.29) is 11.9 Å². The molecule has 0 radical (unpaired) electrons. The second-order valence-electron chi connectivity index (χ2n) is 3.37. The Balaban J connectivity index is 2.71. The summed E-state index contributed by atoms with van der Waals surface area (Å²) >= 11 is 0. The van der Waals surface area contributed by atoms with Gasteiger partial charge in [-0.3, -0.25) is 4.79 Å². The number of amides is 1. The molecule has 0 spiro atoms. The van der Waals surface area contributed by atoms with Gasteiger partial charge in [0.15, 0.2) is 0 Å². The zero-order chi connectivity index (χ0) is 10.6. The topological polar surface area (TPSA) is 55.1 Å². The van der Waals surface area contributed by atoms with Gasteiger partial charge in [0.2, 0.25) is 5.91 Å². The number of hydrogen-bond donors (Lipinski definition) is 2. The molecule has 1 aromatic carbocycles. The molecule has 3 heteroatoms. The Morgan fingerprint density at radius 3 is 2.43 bits per heavy atom. The smallest absolute Gasteiger partial charge is 0.217 e. The molecule has 1 amide bonds. The Morgan fingerprint density at radius 2 is 2.00 bits per heavy atom. The van der Waals surface area contributed by atoms with Crippen molar-refractivity contribution in [3.63, 3.8) is 0 Å². The zero-order valence-electron chi connectivity index (χ0n) is 8.58. The summed E-state index contributed by atoms with van der Waals surface area (Å²) in [6.07, 6.45) is 0. The molecule has 0 bridgehead atoms. The van der Waals surface area contributed by atoms with Crippen LogP contribution in [0, 0.1) is 0 Å². The Hall–Kier alpha value is -1.35. The highest BCUT2D eigenvalue weighted by Gasteiger charge is 2.05. The summed E-state index contributed by atoms with van der Waals surface area (Å²) < 4.78 is 0. The number of nitrogens with two attached hydrogens (primary N) is 1. The van der Waals surface area contributed by atoms with Crippen LogP contribution in [0.4, 0.5) is 0 Å². The van der Waals surface area contributed by atoms with E-state index in [4.69, 9.17) is 5.73 Å². The van der Waals surface area contributed by atoms with Crippen molar-refractivity contribution in [3.05, 3.63) is 35.4 Å². The van der Waals surface area contributed by atoms with Gasteiger partial charge in [0.25, 0.3) is 0 Å². The molecule has 3 nitrogen and oxygen atoms in total. The van der Waals surface area contributed by atoms with Crippen LogP contribution in [0.2, 0.25) is 0 Å². The summed E-state index contributed by atoms with van der Waals surface area (Å²) in [7, 11) is 0. The number of hydrogen-bond acceptors (Lipinski definition) is 2. The summed E-state index contributed by atoms with van der Waals surface area (Å²) in [6.45, 7) is 4.03. The number of carbonyl (C=O) groups is 1. The molecule has 0 saturated heterocycles. The Labute approximate surface area is 84.3 Å². The van der Waals surface area contributed by atoms with Crippen LogP contribution in [0.1, 0.15) is 31.0 Å². The van der Waals surface area contributed by atoms with E-state index >= 15 is 0 Å². The van der Waals surface area contributed by atoms with Gasteiger partial charge in [-0.15, -0.1) is 0 Å². The van der Waals surface area contributed by atoms with Gasteiger partial charge in [0.1, 0.15) is 0 Å². The predicted octanol–water partition coefficient (Wildman–Crippen LogP) is 1.34. The molecule has 0 heterocycles. The van der Waals surface area contributed by atoms with Crippen molar-refractivity contribution in [1.82, 2.24) is 5.32 Å². The average molecular weight is 192 g/mol. The fourth-order valence-corrected chi connectivity index (χ4v) is 1.33. The van der Waals surface area contributed by atoms with Gasteiger partial charge in [-0.25, -0.2) is 0 Å². The second kappa shape index (κ2) is 4.77. The molecule has 14 heavy (non-hydrogen) atoms. The van der Waals surface area contributed by atoms with E-state index in [1.807, 2.05) is 31.2 Å². The van der Waals surface area contributed by atoms with Crippen molar-refractivity contribution in [3.8, 4) is 0 Å². The van der Waals surface area contributed by atoms with Crippen LogP contribution in [0.25, 0.3) is 0 Å². The molecule has 0 saturated carbocycles. The molecule has 0 aliphatic rings. The van der Waals surface area contributed by atoms with Crippen molar-refractivity contribution in [2.24, 2.45) is 5.73 Å². The number of carbonyl (C=O) groups excluding carboxylic acids is 1. The summed E-state index contributed by atoms with van der Waals surface area (Å²) in [4.78, 5) is 10.8. The first-order valence-corrected chi connectivity index (χ1v) is 4.69. The van der Waals surface area contributed by atoms with Crippen LogP contribution in [0.15, 0.2) is 24.3 Å². The highest BCUT2D eigenvalue weighted by Crippen LogP contribution is 2.12. The van der Waals surface area contributed by atoms with Crippen molar-refractivity contribution in [2.75, 3.05) is 0 Å². The maximum Gasteiger partial charge on any atom is 0.217 e. The molecule has 1 unspecified atom stereocenters. The summed E-state index contributed by atoms with van der Waals surface area (Å²) in [6, 6.07) is 7.99. The molecule has 0 aliphatic carbocycles. The van der Waals surface area contributed by atoms with Crippen LogP contribution < -0.4 is 11.1 Å². The Kier molecular flexibility index (Phi) is 3.65. The van der Waals surface area contributed by atoms with Crippen LogP contribution in [-0.2, 0) is 11.3 Å². The van der Waals surface area contributed by atoms with E-state index in [2.05, 4.69) is 5.32 Å². The lowest BCUT2D eigenvalue weighted by atomic mass is 10.1. The maximum atomic E-state index is 10.8. The fourth-order valence-electron chi connectivity index (χ4n) is 1.33. The third-order valence-corrected chi connectivity index (χ3v) is 2.14. The van der Waals surface area contributed by atoms with Crippen LogP contribution in [-0.4, -0.2) is 5.91 Å². The molecule has 0 fully saturated rings. The summed E-state index contributed by atoms with van der Waals surface area (Å²) in [5.41, 5.74) is 7.68. The SMILES string of the molecule is CC(=O)NC(C)c1ccc(CN)cc1. The van der Waals surface area contributed by atoms with Gasteiger partial charge in [0, 0.05) is 13.5 Å². The van der Waals surface area contributed by atoms with Gasteiger partial charge in [0.05, 0.1) is 6.04 Å². The Bertz CT molecular complexity index is 306. The minimum Gasteiger partial charge on any atom is -0.350 e. The monoisotopic (exact) mass is 192 g/mol. The van der Waals surface area contributed by atoms with Gasteiger partial charge >= 0.3 is 0 Å². The molecule has 1 aromatic rings. The molecular formula is C11H16N2O. The normalized spacial score (nSPS) is 12.2. The van der Waals surface area contributed by atoms with Gasteiger partial charge in [-0.05, 0) is 18.1 Å². The molecule has 0 aliphatic heterocycles. The van der Waals surface area contributed by atoms with Crippen molar-refractivity contribution >= 4 is 5.91 Å². The van der Waals surface area contributed by atoms with Gasteiger partial charge in [-0.1, -0.05) is 24.3 Å². The summed E-state index contributed by atoms with van der Waals surface area (Å²) in [5, 5.41) is 2.83. The molecule has 1 rings (SSSR count). The molecule has 3 N–H and O–H groups in total. The fraction of sp³-hybridized carbons (Fsp3) is 0.364. The molecular weight excluding hydrogens is 176 g/mol. The van der Waals surface area contributed by atoms with Crippen molar-refractivity contribution in [2.45, 2.75) is 26.4 Å². The van der Waals surface area contributed by atoms with E-state index in [1.54, 1.807) is 0 Å². The zero-order valence-corrected chi connectivity index (χ0v) is 8.58. The van der Waals surface area contributed by atoms with E-state index in [9.17, 15) is 4.79 Å². The van der Waals surface area contributed by atoms with Crippen molar-refractivity contribution < 1.29 is 4.79 Å². The van der Waals surface area contributed by atoms with E-state index in [0.717, 1.165) is 11.1 Å². The van der Waals surface area contributed by atoms with Crippen LogP contribution in [0.3, 0.4) is 0 Å². The summed E-state index contributed by atoms with van der Waals surface area (Å²) in [5.74, 6) is -0.0135. The lowest BCUT2D eigenvalue weighted by molar-refractivity contribution is -0.119. The second-order valence-corrected chi connectivity index (χ2v) is 3.37. The first-order chi connectivity index (χ1) is 6.63. The minimum absolute atomic E-state index is 0.0135. The van der Waals surface area contributed by atoms with Crippen LogP contribution >= 0.6 is 0 Å². The highest BCUT2D eigenvalue weighted by atomic mass is 16.1. The minimum atomic E-state index is -0.0135. The van der Waals surface area contributed by atoms with E-state index < -0.39 is 0 Å². The predicted molar refractivity (Wildman–Crippen MR) is 56.6 cm³/mol. The molecule has 0 aromatic heterocycles. The molecule has 1 atom stereocenters. The van der Waals surface area contributed by atoms with E-state index in [0.29, 0.717) is 6.54 Å². The average Bonchev–Trinajstić information content (AvgIpc) is 2.17. The number of rotatable bonds is 3. The maximum absolute atomic E-state index is 10.8. The lowest BCUT2D eigenvalue weighted by Crippen LogP contribution is -2.23. The quantitative estimate of drug-likeness (QED) is 0.759. The highest BCUT2D eigenvalue weighted by molar-refractivity contribution is 5.73. The third kappa shape index (κ3) is 2.85. The number of benzene rings is 1. The standard InChI is InChI=1S/C11H16N2O/c1-8(13-9(2)14)11-5-3-10(7-12)4-6-11/h3-6,8H,7,12H2,1-2H3,(H,13,14). The lowest BCUT2D eigenvalue weighted by Gasteiger charge is -2.12. The first-order valence-electron chi connectivity index (χ1n) is 4.69. The molecule has 76 valence electrons.